The van der Waals surface area contributed by atoms with Crippen molar-refractivity contribution in [3.63, 3.8) is 0 Å². The van der Waals surface area contributed by atoms with Crippen LogP contribution in [0, 0.1) is 20.2 Å². The molecule has 6 aliphatic rings. The Labute approximate surface area is 480 Å². The lowest BCUT2D eigenvalue weighted by Gasteiger charge is -2.40. The fourth-order valence-electron chi connectivity index (χ4n) is 10.9. The molecule has 6 saturated heterocycles. The van der Waals surface area contributed by atoms with Gasteiger partial charge in [-0.15, -0.1) is 28.3 Å². The molecule has 6 N–H and O–H groups in total. The summed E-state index contributed by atoms with van der Waals surface area (Å²) in [5.41, 5.74) is 1.47. The number of nitrogens with zero attached hydrogens (tertiary/aromatic N) is 10. The van der Waals surface area contributed by atoms with Crippen molar-refractivity contribution < 1.29 is 29.4 Å². The molecule has 78 heavy (non-hydrogen) atoms. The minimum absolute atomic E-state index is 0.0216. The monoisotopic (exact) mass is 1180 g/mol. The van der Waals surface area contributed by atoms with Crippen LogP contribution in [0.1, 0.15) is 127 Å². The van der Waals surface area contributed by atoms with Gasteiger partial charge in [-0.05, 0) is 189 Å². The number of aromatic nitrogens is 3. The van der Waals surface area contributed by atoms with E-state index in [0.29, 0.717) is 52.2 Å². The number of carbonyl (C=O) groups excluding carboxylic acids is 3. The van der Waals surface area contributed by atoms with Crippen LogP contribution in [0.3, 0.4) is 0 Å². The van der Waals surface area contributed by atoms with Gasteiger partial charge in [0.2, 0.25) is 0 Å². The van der Waals surface area contributed by atoms with E-state index in [1.54, 1.807) is 29.2 Å². The largest absolute Gasteiger partial charge is 0.410 e. The first-order valence-corrected chi connectivity index (χ1v) is 29.0. The minimum atomic E-state index is -0.750. The van der Waals surface area contributed by atoms with Gasteiger partial charge in [0.25, 0.3) is 28.4 Å². The van der Waals surface area contributed by atoms with Crippen LogP contribution >= 0.6 is 58.0 Å². The summed E-state index contributed by atoms with van der Waals surface area (Å²) < 4.78 is 0. The van der Waals surface area contributed by atoms with Crippen molar-refractivity contribution in [1.29, 1.82) is 0 Å². The summed E-state index contributed by atoms with van der Waals surface area (Å²) in [6.07, 6.45) is 19.0. The number of hydrogen-bond donors (Lipinski definition) is 4. The number of nitro benzene ring substituents is 2. The van der Waals surface area contributed by atoms with E-state index in [9.17, 15) is 39.8 Å². The Morgan fingerprint density at radius 3 is 1.33 bits per heavy atom. The Kier molecular flexibility index (Phi) is 28.0. The van der Waals surface area contributed by atoms with Crippen molar-refractivity contribution in [2.75, 3.05) is 83.9 Å². The van der Waals surface area contributed by atoms with Crippen LogP contribution < -0.4 is 17.0 Å². The van der Waals surface area contributed by atoms with Crippen LogP contribution in [0.15, 0.2) is 54.6 Å². The van der Waals surface area contributed by atoms with Gasteiger partial charge in [-0.2, -0.15) is 0 Å². The van der Waals surface area contributed by atoms with E-state index < -0.39 is 15.1 Å². The quantitative estimate of drug-likeness (QED) is 0.0320. The summed E-state index contributed by atoms with van der Waals surface area (Å²) in [5, 5.41) is 41.3. The van der Waals surface area contributed by atoms with Gasteiger partial charge in [0.15, 0.2) is 0 Å². The number of carbonyl (C=O) groups is 3. The first-order valence-electron chi connectivity index (χ1n) is 26.8. The van der Waals surface area contributed by atoms with Gasteiger partial charge in [0.1, 0.15) is 21.1 Å². The van der Waals surface area contributed by atoms with E-state index in [2.05, 4.69) is 42.0 Å². The number of hydrazine groups is 1. The predicted molar refractivity (Wildman–Crippen MR) is 306 cm³/mol. The molecule has 6 aliphatic heterocycles. The Balaban J connectivity index is 0.000000194. The number of fused-ring (bicyclic) bond motifs is 1. The third-order valence-corrected chi connectivity index (χ3v) is 15.8. The standard InChI is InChI=1S/C17H22ClN3O3.C17H23N5O2.C10H20N2.C7H3Cl2NO3.CH2Cl2.H4N2/c18-15-5-4-13(12-16(15)21(23)24)17(22)20-10-6-14(7-11-20)19-8-2-1-3-9-19;23-17(13-4-5-15-16(12-13)22(24)19-18-15)21-10-6-14(7-11-21)20-8-2-1-3-9-20;1-2-8-12(9-3-1)10-4-6-11-7-5-10;8-5-2-1-4(7(9)11)3-6(5)10(12)13;2-1-3;1-2/h4-5,12,14H,1-3,6-11H2;4-5,12,14,24H,1-3,6-11H2;10-11H,1-9H2;1-3H;1H2;1-2H2. The van der Waals surface area contributed by atoms with Crippen molar-refractivity contribution in [2.24, 2.45) is 11.7 Å². The lowest BCUT2D eigenvalue weighted by Crippen LogP contribution is -2.48. The molecule has 26 heteroatoms. The van der Waals surface area contributed by atoms with Crippen LogP contribution in [0.2, 0.25) is 10.0 Å². The molecule has 1 aromatic heterocycles. The number of amides is 2. The molecule has 0 aliphatic carbocycles. The first kappa shape index (κ1) is 64.3. The average molecular weight is 1190 g/mol. The van der Waals surface area contributed by atoms with Crippen LogP contribution in [-0.4, -0.2) is 174 Å². The number of nitro groups is 2. The van der Waals surface area contributed by atoms with Gasteiger partial charge >= 0.3 is 0 Å². The van der Waals surface area contributed by atoms with Gasteiger partial charge in [-0.1, -0.05) is 47.3 Å². The number of benzene rings is 3. The molecular weight excluding hydrogens is 1110 g/mol. The zero-order valence-electron chi connectivity index (χ0n) is 44.0. The predicted octanol–water partition coefficient (Wildman–Crippen LogP) is 9.19. The van der Waals surface area contributed by atoms with Gasteiger partial charge in [-0.25, -0.2) is 0 Å². The highest BCUT2D eigenvalue weighted by atomic mass is 35.5. The topological polar surface area (TPSA) is 269 Å². The zero-order valence-corrected chi connectivity index (χ0v) is 47.8. The van der Waals surface area contributed by atoms with Gasteiger partial charge in [0, 0.05) is 73.1 Å². The van der Waals surface area contributed by atoms with Crippen LogP contribution in [0.4, 0.5) is 11.4 Å². The van der Waals surface area contributed by atoms with E-state index in [1.165, 1.54) is 147 Å². The molecule has 0 radical (unpaired) electrons. The smallest absolute Gasteiger partial charge is 0.288 e. The molecule has 0 unspecified atom stereocenters. The molecular formula is C52H74Cl5N13O8. The van der Waals surface area contributed by atoms with Crippen LogP contribution in [0.25, 0.3) is 11.0 Å². The molecule has 4 aromatic rings. The second kappa shape index (κ2) is 33.9. The number of hydrogen-bond acceptors (Lipinski definition) is 16. The van der Waals surface area contributed by atoms with E-state index in [1.807, 2.05) is 4.90 Å². The highest BCUT2D eigenvalue weighted by Crippen LogP contribution is 2.29. The first-order chi connectivity index (χ1) is 37.7. The number of nitrogens with two attached hydrogens (primary N) is 2. The van der Waals surface area contributed by atoms with Crippen molar-refractivity contribution >= 4 is 97.5 Å². The maximum atomic E-state index is 12.7. The van der Waals surface area contributed by atoms with Crippen molar-refractivity contribution in [3.8, 4) is 0 Å². The molecule has 2 amide bonds. The minimum Gasteiger partial charge on any atom is -0.410 e. The molecule has 3 aromatic carbocycles. The lowest BCUT2D eigenvalue weighted by molar-refractivity contribution is -0.384. The SMILES string of the molecule is C1CCN(C2CCNCC2)CC1.ClCCl.NN.O=C(Cl)c1ccc(Cl)c([N+](=O)[O-])c1.O=C(c1ccc(Cl)c([N+](=O)[O-])c1)N1CCC(N2CCCCC2)CC1.O=C(c1ccc2nnn(O)c2c1)N1CCC(N2CCCCC2)CC1. The summed E-state index contributed by atoms with van der Waals surface area (Å²) in [4.78, 5) is 68.4. The van der Waals surface area contributed by atoms with Crippen LogP contribution in [-0.2, 0) is 0 Å². The molecule has 21 nitrogen and oxygen atoms in total. The summed E-state index contributed by atoms with van der Waals surface area (Å²) >= 11 is 26.0. The molecule has 6 fully saturated rings. The average Bonchev–Trinajstić information content (AvgIpc) is 3.87. The molecule has 0 spiro atoms. The summed E-state index contributed by atoms with van der Waals surface area (Å²) in [6.45, 7) is 13.0. The van der Waals surface area contributed by atoms with Crippen molar-refractivity contribution in [3.05, 3.63) is 102 Å². The zero-order chi connectivity index (χ0) is 56.6. The van der Waals surface area contributed by atoms with Crippen molar-refractivity contribution in [1.82, 2.24) is 45.0 Å². The fourth-order valence-corrected chi connectivity index (χ4v) is 11.3. The highest BCUT2D eigenvalue weighted by Gasteiger charge is 2.31. The maximum absolute atomic E-state index is 12.7. The van der Waals surface area contributed by atoms with E-state index in [0.717, 1.165) is 50.9 Å². The third kappa shape index (κ3) is 19.3. The summed E-state index contributed by atoms with van der Waals surface area (Å²) in [7, 11) is 0. The highest BCUT2D eigenvalue weighted by molar-refractivity contribution is 6.67. The van der Waals surface area contributed by atoms with Gasteiger partial charge in [0.05, 0.1) is 15.2 Å². The van der Waals surface area contributed by atoms with Crippen LogP contribution in [0.5, 0.6) is 0 Å². The molecule has 10 rings (SSSR count). The second-order valence-electron chi connectivity index (χ2n) is 19.7. The molecule has 0 atom stereocenters. The van der Waals surface area contributed by atoms with E-state index in [-0.39, 0.29) is 44.1 Å². The van der Waals surface area contributed by atoms with E-state index in [4.69, 9.17) is 58.0 Å². The molecule has 430 valence electrons. The lowest BCUT2D eigenvalue weighted by atomic mass is 9.99. The maximum Gasteiger partial charge on any atom is 0.288 e. The number of alkyl halides is 2. The Morgan fingerprint density at radius 2 is 0.936 bits per heavy atom. The van der Waals surface area contributed by atoms with Gasteiger partial charge < -0.3 is 35.0 Å². The molecule has 0 saturated carbocycles. The Bertz CT molecular complexity index is 2510. The number of halogens is 5. The van der Waals surface area contributed by atoms with E-state index >= 15 is 0 Å². The van der Waals surface area contributed by atoms with Crippen molar-refractivity contribution in [2.45, 2.75) is 114 Å². The second-order valence-corrected chi connectivity index (χ2v) is 21.7. The number of piperidine rings is 6. The Morgan fingerprint density at radius 1 is 0.577 bits per heavy atom. The Hall–Kier alpha value is -4.52. The number of nitrogens with one attached hydrogen (secondary N) is 1. The summed E-state index contributed by atoms with van der Waals surface area (Å²) in [6, 6.07) is 15.1. The van der Waals surface area contributed by atoms with Gasteiger partial charge in [-0.3, -0.25) is 46.3 Å². The number of likely N-dealkylation sites (tertiary alicyclic amines) is 5. The third-order valence-electron chi connectivity index (χ3n) is 15.0. The molecule has 7 heterocycles. The molecule has 0 bridgehead atoms. The normalized spacial score (nSPS) is 18.9. The number of rotatable bonds is 8. The fraction of sp³-hybridized carbons (Fsp3) is 0.596. The summed E-state index contributed by atoms with van der Waals surface area (Å²) in [5.74, 6) is 7.88.